The molecule has 3 nitrogen and oxygen atoms in total. The average molecular weight is 222 g/mol. The van der Waals surface area contributed by atoms with E-state index in [0.717, 1.165) is 11.4 Å². The molecule has 1 N–H and O–H groups in total. The molecule has 15 heavy (non-hydrogen) atoms. The number of hydrogen-bond donors (Lipinski definition) is 1. The largest absolute Gasteiger partial charge is 0.471 e. The van der Waals surface area contributed by atoms with E-state index in [1.54, 1.807) is 6.92 Å². The number of nitrogens with zero attached hydrogens (tertiary/aromatic N) is 1. The summed E-state index contributed by atoms with van der Waals surface area (Å²) in [6.45, 7) is 3.36. The van der Waals surface area contributed by atoms with Crippen LogP contribution in [0.5, 0.6) is 0 Å². The second-order valence-corrected chi connectivity index (χ2v) is 4.28. The van der Waals surface area contributed by atoms with E-state index >= 15 is 0 Å². The van der Waals surface area contributed by atoms with Gasteiger partial charge in [-0.15, -0.1) is 0 Å². The summed E-state index contributed by atoms with van der Waals surface area (Å²) in [5.41, 5.74) is 0. The number of amides is 1. The molecule has 0 aromatic carbocycles. The maximum atomic E-state index is 12.2. The van der Waals surface area contributed by atoms with Crippen LogP contribution < -0.4 is 5.32 Å². The third-order valence-corrected chi connectivity index (χ3v) is 3.44. The van der Waals surface area contributed by atoms with Gasteiger partial charge in [0.25, 0.3) is 0 Å². The lowest BCUT2D eigenvalue weighted by Gasteiger charge is -2.25. The van der Waals surface area contributed by atoms with Gasteiger partial charge in [-0.1, -0.05) is 0 Å². The monoisotopic (exact) mass is 222 g/mol. The number of halogens is 3. The minimum atomic E-state index is -4.74. The Balaban J connectivity index is 2.10. The zero-order chi connectivity index (χ0) is 11.2. The van der Waals surface area contributed by atoms with Crippen LogP contribution in [0, 0.1) is 11.8 Å². The summed E-state index contributed by atoms with van der Waals surface area (Å²) >= 11 is 0. The highest BCUT2D eigenvalue weighted by molar-refractivity contribution is 5.82. The van der Waals surface area contributed by atoms with Crippen molar-refractivity contribution in [2.75, 3.05) is 19.6 Å². The number of likely N-dealkylation sites (tertiary alicyclic amines) is 1. The molecule has 3 atom stereocenters. The third kappa shape index (κ3) is 1.71. The van der Waals surface area contributed by atoms with Crippen molar-refractivity contribution in [2.45, 2.75) is 19.1 Å². The van der Waals surface area contributed by atoms with Gasteiger partial charge in [-0.2, -0.15) is 13.2 Å². The Kier molecular flexibility index (Phi) is 2.41. The van der Waals surface area contributed by atoms with Crippen molar-refractivity contribution in [3.05, 3.63) is 0 Å². The van der Waals surface area contributed by atoms with Gasteiger partial charge in [0.05, 0.1) is 0 Å². The third-order valence-electron chi connectivity index (χ3n) is 3.44. The minimum absolute atomic E-state index is 0.177. The van der Waals surface area contributed by atoms with Crippen molar-refractivity contribution in [3.8, 4) is 0 Å². The molecule has 6 heteroatoms. The van der Waals surface area contributed by atoms with Crippen LogP contribution in [0.2, 0.25) is 0 Å². The molecule has 1 amide bonds. The van der Waals surface area contributed by atoms with Gasteiger partial charge in [-0.3, -0.25) is 4.79 Å². The lowest BCUT2D eigenvalue weighted by Crippen LogP contribution is -2.45. The Bertz CT molecular complexity index is 279. The Labute approximate surface area is 85.6 Å². The molecular weight excluding hydrogens is 209 g/mol. The van der Waals surface area contributed by atoms with Crippen LogP contribution in [0.4, 0.5) is 13.2 Å². The number of rotatable bonds is 0. The molecule has 0 aliphatic carbocycles. The Morgan fingerprint density at radius 3 is 2.60 bits per heavy atom. The lowest BCUT2D eigenvalue weighted by atomic mass is 9.95. The van der Waals surface area contributed by atoms with E-state index in [4.69, 9.17) is 0 Å². The summed E-state index contributed by atoms with van der Waals surface area (Å²) in [5, 5.41) is 3.13. The fourth-order valence-corrected chi connectivity index (χ4v) is 2.60. The van der Waals surface area contributed by atoms with E-state index in [9.17, 15) is 18.0 Å². The zero-order valence-electron chi connectivity index (χ0n) is 8.34. The molecule has 2 aliphatic heterocycles. The van der Waals surface area contributed by atoms with E-state index in [1.165, 1.54) is 0 Å². The molecule has 0 aromatic rings. The Morgan fingerprint density at radius 2 is 2.07 bits per heavy atom. The summed E-state index contributed by atoms with van der Waals surface area (Å²) in [6, 6.07) is -0.306. The Morgan fingerprint density at radius 1 is 1.40 bits per heavy atom. The van der Waals surface area contributed by atoms with Crippen molar-refractivity contribution >= 4 is 5.91 Å². The SMILES string of the molecule is CC1C2CNCC2CN1C(=O)C(F)(F)F. The summed E-state index contributed by atoms with van der Waals surface area (Å²) < 4.78 is 36.7. The van der Waals surface area contributed by atoms with Crippen molar-refractivity contribution in [2.24, 2.45) is 11.8 Å². The molecule has 86 valence electrons. The summed E-state index contributed by atoms with van der Waals surface area (Å²) in [6.07, 6.45) is -4.74. The molecule has 2 aliphatic rings. The van der Waals surface area contributed by atoms with Crippen molar-refractivity contribution in [3.63, 3.8) is 0 Å². The fraction of sp³-hybridized carbons (Fsp3) is 0.889. The zero-order valence-corrected chi connectivity index (χ0v) is 8.34. The van der Waals surface area contributed by atoms with Gasteiger partial charge in [0.15, 0.2) is 0 Å². The van der Waals surface area contributed by atoms with Gasteiger partial charge >= 0.3 is 12.1 Å². The number of fused-ring (bicyclic) bond motifs is 1. The predicted molar refractivity (Wildman–Crippen MR) is 47.1 cm³/mol. The van der Waals surface area contributed by atoms with Gasteiger partial charge in [0, 0.05) is 25.7 Å². The number of nitrogens with one attached hydrogen (secondary N) is 1. The van der Waals surface area contributed by atoms with Gasteiger partial charge in [-0.05, 0) is 18.8 Å². The molecule has 3 unspecified atom stereocenters. The van der Waals surface area contributed by atoms with Crippen LogP contribution >= 0.6 is 0 Å². The van der Waals surface area contributed by atoms with Gasteiger partial charge in [0.2, 0.25) is 0 Å². The minimum Gasteiger partial charge on any atom is -0.332 e. The highest BCUT2D eigenvalue weighted by Gasteiger charge is 2.51. The van der Waals surface area contributed by atoms with Crippen LogP contribution in [0.15, 0.2) is 0 Å². The summed E-state index contributed by atoms with van der Waals surface area (Å²) in [4.78, 5) is 12.1. The number of alkyl halides is 3. The van der Waals surface area contributed by atoms with Crippen LogP contribution in [0.25, 0.3) is 0 Å². The van der Waals surface area contributed by atoms with E-state index in [0.29, 0.717) is 6.54 Å². The number of carbonyl (C=O) groups is 1. The molecule has 2 rings (SSSR count). The Hall–Kier alpha value is -0.780. The topological polar surface area (TPSA) is 32.3 Å². The highest BCUT2D eigenvalue weighted by atomic mass is 19.4. The van der Waals surface area contributed by atoms with E-state index in [1.807, 2.05) is 0 Å². The summed E-state index contributed by atoms with van der Waals surface area (Å²) in [7, 11) is 0. The predicted octanol–water partition coefficient (Wildman–Crippen LogP) is 0.615. The van der Waals surface area contributed by atoms with Gasteiger partial charge in [-0.25, -0.2) is 0 Å². The quantitative estimate of drug-likeness (QED) is 0.651. The van der Waals surface area contributed by atoms with Crippen LogP contribution in [-0.4, -0.2) is 42.7 Å². The van der Waals surface area contributed by atoms with Gasteiger partial charge < -0.3 is 10.2 Å². The second-order valence-electron chi connectivity index (χ2n) is 4.28. The summed E-state index contributed by atoms with van der Waals surface area (Å²) in [5.74, 6) is -1.33. The van der Waals surface area contributed by atoms with Crippen molar-refractivity contribution in [1.82, 2.24) is 10.2 Å². The molecule has 0 radical (unpaired) electrons. The first-order valence-corrected chi connectivity index (χ1v) is 4.99. The molecule has 2 heterocycles. The van der Waals surface area contributed by atoms with Crippen molar-refractivity contribution < 1.29 is 18.0 Å². The average Bonchev–Trinajstić information content (AvgIpc) is 2.66. The maximum Gasteiger partial charge on any atom is 0.471 e. The molecule has 0 saturated carbocycles. The first kappa shape index (κ1) is 10.7. The van der Waals surface area contributed by atoms with E-state index in [-0.39, 0.29) is 24.4 Å². The van der Waals surface area contributed by atoms with Crippen molar-refractivity contribution in [1.29, 1.82) is 0 Å². The lowest BCUT2D eigenvalue weighted by molar-refractivity contribution is -0.186. The molecule has 2 fully saturated rings. The van der Waals surface area contributed by atoms with E-state index in [2.05, 4.69) is 5.32 Å². The molecule has 2 saturated heterocycles. The molecular formula is C9H13F3N2O. The first-order chi connectivity index (χ1) is 6.91. The second kappa shape index (κ2) is 3.37. The maximum absolute atomic E-state index is 12.2. The normalized spacial score (nSPS) is 35.7. The smallest absolute Gasteiger partial charge is 0.332 e. The van der Waals surface area contributed by atoms with Gasteiger partial charge in [0.1, 0.15) is 0 Å². The number of carbonyl (C=O) groups excluding carboxylic acids is 1. The van der Waals surface area contributed by atoms with Crippen LogP contribution in [0.3, 0.4) is 0 Å². The molecule has 0 spiro atoms. The number of hydrogen-bond acceptors (Lipinski definition) is 2. The van der Waals surface area contributed by atoms with E-state index < -0.39 is 12.1 Å². The highest BCUT2D eigenvalue weighted by Crippen LogP contribution is 2.34. The molecule has 0 bridgehead atoms. The molecule has 0 aromatic heterocycles. The standard InChI is InChI=1S/C9H13F3N2O/c1-5-7-3-13-2-6(7)4-14(5)8(15)9(10,11)12/h5-7,13H,2-4H2,1H3. The fourth-order valence-electron chi connectivity index (χ4n) is 2.60. The van der Waals surface area contributed by atoms with Crippen LogP contribution in [0.1, 0.15) is 6.92 Å². The van der Waals surface area contributed by atoms with Crippen LogP contribution in [-0.2, 0) is 4.79 Å². The first-order valence-electron chi connectivity index (χ1n) is 4.99.